The van der Waals surface area contributed by atoms with Gasteiger partial charge < -0.3 is 0 Å². The average Bonchev–Trinajstić information content (AvgIpc) is 3.47. The average molecular weight is 487 g/mol. The number of aryl methyl sites for hydroxylation is 2. The summed E-state index contributed by atoms with van der Waals surface area (Å²) in [6.07, 6.45) is 18.1. The predicted octanol–water partition coefficient (Wildman–Crippen LogP) is 10.5. The number of rotatable bonds is 10. The maximum absolute atomic E-state index is 3.95. The molecule has 0 heteroatoms. The Kier molecular flexibility index (Phi) is 8.86. The van der Waals surface area contributed by atoms with E-state index in [1.54, 1.807) is 0 Å². The van der Waals surface area contributed by atoms with Crippen molar-refractivity contribution in [2.45, 2.75) is 67.2 Å². The summed E-state index contributed by atoms with van der Waals surface area (Å²) in [6, 6.07) is 18.0. The third-order valence-corrected chi connectivity index (χ3v) is 7.77. The van der Waals surface area contributed by atoms with Crippen LogP contribution in [-0.4, -0.2) is 0 Å². The summed E-state index contributed by atoms with van der Waals surface area (Å²) in [4.78, 5) is 0. The predicted molar refractivity (Wildman–Crippen MR) is 162 cm³/mol. The zero-order valence-corrected chi connectivity index (χ0v) is 23.6. The van der Waals surface area contributed by atoms with Crippen LogP contribution in [0.25, 0.3) is 11.1 Å². The van der Waals surface area contributed by atoms with Crippen molar-refractivity contribution in [2.75, 3.05) is 0 Å². The second kappa shape index (κ2) is 12.3. The van der Waals surface area contributed by atoms with Gasteiger partial charge in [-0.1, -0.05) is 124 Å². The number of hydrogen-bond donors (Lipinski definition) is 0. The van der Waals surface area contributed by atoms with E-state index >= 15 is 0 Å². The maximum atomic E-state index is 3.95. The van der Waals surface area contributed by atoms with E-state index in [2.05, 4.69) is 132 Å². The van der Waals surface area contributed by atoms with Crippen LogP contribution in [0.15, 0.2) is 113 Å². The molecule has 2 bridgehead atoms. The van der Waals surface area contributed by atoms with Crippen molar-refractivity contribution in [3.63, 3.8) is 0 Å². The molecular formula is C37H42. The van der Waals surface area contributed by atoms with Crippen LogP contribution in [0.5, 0.6) is 0 Å². The first kappa shape index (κ1) is 26.7. The summed E-state index contributed by atoms with van der Waals surface area (Å²) in [5, 5.41) is 0. The van der Waals surface area contributed by atoms with Gasteiger partial charge in [0.1, 0.15) is 0 Å². The quantitative estimate of drug-likeness (QED) is 0.231. The van der Waals surface area contributed by atoms with E-state index in [9.17, 15) is 0 Å². The molecule has 2 aliphatic rings. The summed E-state index contributed by atoms with van der Waals surface area (Å²) in [6.45, 7) is 13.6. The first-order valence-electron chi connectivity index (χ1n) is 14.0. The fourth-order valence-electron chi connectivity index (χ4n) is 4.83. The molecule has 0 aliphatic heterocycles. The van der Waals surface area contributed by atoms with Crippen molar-refractivity contribution in [2.24, 2.45) is 11.8 Å². The van der Waals surface area contributed by atoms with Gasteiger partial charge in [-0.2, -0.15) is 0 Å². The lowest BCUT2D eigenvalue weighted by atomic mass is 9.90. The molecule has 0 aromatic heterocycles. The standard InChI is InChI=1S/C37H42/c1-7-26(3)21-35(31-13-9-28(5)10-14-31)23-30(25-37-33-17-18-34(37)20-19-33)24-36(22-27(4)8-2)32-15-11-29(6)12-16-32/h9-20,23,25-27H,7-8,21-22H2,1-6H3. The molecule has 37 heavy (non-hydrogen) atoms. The van der Waals surface area contributed by atoms with Gasteiger partial charge in [-0.25, -0.2) is 0 Å². The van der Waals surface area contributed by atoms with Gasteiger partial charge >= 0.3 is 0 Å². The maximum Gasteiger partial charge on any atom is 0.0177 e. The van der Waals surface area contributed by atoms with Crippen molar-refractivity contribution < 1.29 is 0 Å². The molecule has 0 amide bonds. The van der Waals surface area contributed by atoms with Crippen molar-refractivity contribution in [1.29, 1.82) is 0 Å². The van der Waals surface area contributed by atoms with Crippen LogP contribution in [0.3, 0.4) is 0 Å². The largest absolute Gasteiger partial charge is 0.109 e. The van der Waals surface area contributed by atoms with E-state index in [4.69, 9.17) is 0 Å². The second-order valence-electron chi connectivity index (χ2n) is 11.0. The molecule has 0 N–H and O–H groups in total. The van der Waals surface area contributed by atoms with Gasteiger partial charge in [-0.05, 0) is 84.1 Å². The number of allylic oxidation sites excluding steroid dienone is 11. The Balaban J connectivity index is 1.93. The van der Waals surface area contributed by atoms with Crippen LogP contribution in [0.4, 0.5) is 0 Å². The van der Waals surface area contributed by atoms with Crippen LogP contribution in [0.2, 0.25) is 0 Å². The summed E-state index contributed by atoms with van der Waals surface area (Å²) in [5.74, 6) is 1.23. The minimum atomic E-state index is 0.605. The van der Waals surface area contributed by atoms with Gasteiger partial charge in [0.2, 0.25) is 0 Å². The Morgan fingerprint density at radius 2 is 1.24 bits per heavy atom. The van der Waals surface area contributed by atoms with Crippen LogP contribution in [0.1, 0.15) is 75.6 Å². The molecule has 0 saturated heterocycles. The zero-order chi connectivity index (χ0) is 26.4. The lowest BCUT2D eigenvalue weighted by Gasteiger charge is -2.15. The highest BCUT2D eigenvalue weighted by Crippen LogP contribution is 2.36. The minimum absolute atomic E-state index is 0.605. The zero-order valence-electron chi connectivity index (χ0n) is 23.6. The van der Waals surface area contributed by atoms with E-state index in [-0.39, 0.29) is 0 Å². The SMILES string of the molecule is CCC(C)CC(=C=C(C=C1C2=CC=C1C=C2)C=C(CC(C)CC)c1ccc(C)cc1)c1ccc(C)cc1. The summed E-state index contributed by atoms with van der Waals surface area (Å²) in [7, 11) is 0. The smallest absolute Gasteiger partial charge is 0.0177 e. The Labute approximate surface area is 225 Å². The Morgan fingerprint density at radius 3 is 1.76 bits per heavy atom. The summed E-state index contributed by atoms with van der Waals surface area (Å²) < 4.78 is 0. The van der Waals surface area contributed by atoms with Crippen LogP contribution in [0, 0.1) is 25.7 Å². The molecule has 2 aromatic rings. The minimum Gasteiger partial charge on any atom is -0.109 e. The molecule has 0 saturated carbocycles. The molecule has 0 nitrogen and oxygen atoms in total. The van der Waals surface area contributed by atoms with Gasteiger partial charge in [0, 0.05) is 11.1 Å². The van der Waals surface area contributed by atoms with Crippen LogP contribution in [-0.2, 0) is 0 Å². The highest BCUT2D eigenvalue weighted by Gasteiger charge is 2.18. The molecule has 0 spiro atoms. The lowest BCUT2D eigenvalue weighted by molar-refractivity contribution is 0.579. The molecular weight excluding hydrogens is 444 g/mol. The first-order chi connectivity index (χ1) is 17.9. The van der Waals surface area contributed by atoms with Gasteiger partial charge in [0.15, 0.2) is 0 Å². The third kappa shape index (κ3) is 6.91. The van der Waals surface area contributed by atoms with Gasteiger partial charge in [-0.15, -0.1) is 5.73 Å². The van der Waals surface area contributed by atoms with E-state index in [0.29, 0.717) is 11.8 Å². The molecule has 4 rings (SSSR count). The number of hydrogen-bond acceptors (Lipinski definition) is 0. The molecule has 2 aliphatic carbocycles. The van der Waals surface area contributed by atoms with Crippen LogP contribution >= 0.6 is 0 Å². The van der Waals surface area contributed by atoms with Gasteiger partial charge in [0.25, 0.3) is 0 Å². The summed E-state index contributed by atoms with van der Waals surface area (Å²) >= 11 is 0. The van der Waals surface area contributed by atoms with Crippen molar-refractivity contribution in [1.82, 2.24) is 0 Å². The monoisotopic (exact) mass is 486 g/mol. The molecule has 2 unspecified atom stereocenters. The molecule has 0 fully saturated rings. The Morgan fingerprint density at radius 1 is 0.730 bits per heavy atom. The van der Waals surface area contributed by atoms with E-state index in [1.807, 2.05) is 0 Å². The van der Waals surface area contributed by atoms with Crippen molar-refractivity contribution >= 4 is 11.1 Å². The Hall–Kier alpha value is -3.34. The molecule has 0 heterocycles. The fraction of sp³-hybridized carbons (Fsp3) is 0.324. The molecule has 2 aromatic carbocycles. The normalized spacial score (nSPS) is 15.7. The van der Waals surface area contributed by atoms with Crippen molar-refractivity contribution in [3.8, 4) is 0 Å². The van der Waals surface area contributed by atoms with E-state index in [0.717, 1.165) is 24.8 Å². The second-order valence-corrected chi connectivity index (χ2v) is 11.0. The Bertz CT molecular complexity index is 1300. The first-order valence-corrected chi connectivity index (χ1v) is 14.0. The third-order valence-electron chi connectivity index (χ3n) is 7.77. The molecule has 2 atom stereocenters. The van der Waals surface area contributed by atoms with E-state index in [1.165, 1.54) is 56.5 Å². The van der Waals surface area contributed by atoms with Crippen LogP contribution < -0.4 is 0 Å². The number of benzene rings is 2. The van der Waals surface area contributed by atoms with Gasteiger partial charge in [-0.3, -0.25) is 0 Å². The van der Waals surface area contributed by atoms with Gasteiger partial charge in [0.05, 0.1) is 0 Å². The number of fused-ring (bicyclic) bond motifs is 2. The molecule has 0 radical (unpaired) electrons. The van der Waals surface area contributed by atoms with E-state index < -0.39 is 0 Å². The molecule has 190 valence electrons. The highest BCUT2D eigenvalue weighted by atomic mass is 14.2. The summed E-state index contributed by atoms with van der Waals surface area (Å²) in [5.41, 5.74) is 16.9. The lowest BCUT2D eigenvalue weighted by Crippen LogP contribution is -1.97. The van der Waals surface area contributed by atoms with Crippen molar-refractivity contribution in [3.05, 3.63) is 135 Å². The topological polar surface area (TPSA) is 0 Å². The highest BCUT2D eigenvalue weighted by molar-refractivity contribution is 5.75. The fourth-order valence-corrected chi connectivity index (χ4v) is 4.83.